The predicted molar refractivity (Wildman–Crippen MR) is 111 cm³/mol. The molecule has 0 atom stereocenters. The molecule has 0 aliphatic rings. The van der Waals surface area contributed by atoms with E-state index in [0.29, 0.717) is 22.4 Å². The number of hydrogen-bond acceptors (Lipinski definition) is 7. The quantitative estimate of drug-likeness (QED) is 0.384. The molecule has 1 amide bonds. The molecule has 2 aromatic carbocycles. The van der Waals surface area contributed by atoms with Gasteiger partial charge in [0.15, 0.2) is 0 Å². The first-order valence-electron chi connectivity index (χ1n) is 8.80. The number of likely N-dealkylation sites (N-methyl/N-ethyl adjacent to an activating group) is 1. The number of ether oxygens (including phenoxy) is 2. The van der Waals surface area contributed by atoms with E-state index in [1.165, 1.54) is 39.6 Å². The smallest absolute Gasteiger partial charge is 0.337 e. The molecule has 0 fully saturated rings. The number of sulfonamides is 1. The van der Waals surface area contributed by atoms with E-state index in [0.717, 1.165) is 4.31 Å². The van der Waals surface area contributed by atoms with Crippen LogP contribution in [0, 0.1) is 6.92 Å². The highest BCUT2D eigenvalue weighted by Crippen LogP contribution is 2.23. The summed E-state index contributed by atoms with van der Waals surface area (Å²) in [5.41, 5.74) is 3.97. The molecule has 0 saturated heterocycles. The van der Waals surface area contributed by atoms with Crippen molar-refractivity contribution in [2.75, 3.05) is 27.8 Å². The molecule has 0 aliphatic carbocycles. The normalized spacial score (nSPS) is 11.5. The number of benzene rings is 2. The van der Waals surface area contributed by atoms with Crippen molar-refractivity contribution in [3.05, 3.63) is 59.2 Å². The molecule has 0 unspecified atom stereocenters. The van der Waals surface area contributed by atoms with E-state index in [1.54, 1.807) is 37.3 Å². The Bertz CT molecular complexity index is 1050. The van der Waals surface area contributed by atoms with Crippen molar-refractivity contribution in [2.24, 2.45) is 5.10 Å². The summed E-state index contributed by atoms with van der Waals surface area (Å²) in [6.45, 7) is 1.32. The van der Waals surface area contributed by atoms with E-state index in [2.05, 4.69) is 15.3 Å². The number of hydrazone groups is 1. The molecule has 0 saturated carbocycles. The molecular weight excluding hydrogens is 410 g/mol. The number of carbonyl (C=O) groups excluding carboxylic acids is 2. The lowest BCUT2D eigenvalue weighted by molar-refractivity contribution is -0.121. The molecule has 30 heavy (non-hydrogen) atoms. The van der Waals surface area contributed by atoms with E-state index >= 15 is 0 Å². The molecular formula is C20H23N3O6S. The van der Waals surface area contributed by atoms with Gasteiger partial charge in [0, 0.05) is 7.05 Å². The maximum absolute atomic E-state index is 12.7. The third kappa shape index (κ3) is 5.65. The fourth-order valence-corrected chi connectivity index (χ4v) is 3.73. The topological polar surface area (TPSA) is 114 Å². The van der Waals surface area contributed by atoms with Gasteiger partial charge in [-0.15, -0.1) is 0 Å². The Labute approximate surface area is 175 Å². The molecule has 0 aliphatic heterocycles. The van der Waals surface area contributed by atoms with Crippen LogP contribution in [-0.4, -0.2) is 58.6 Å². The SMILES string of the molecule is COC(=O)c1ccc(C=NNC(=O)CN(C)S(=O)(=O)c2ccc(OC)c(C)c2)cc1. The number of rotatable bonds is 8. The van der Waals surface area contributed by atoms with Crippen molar-refractivity contribution in [2.45, 2.75) is 11.8 Å². The molecule has 0 spiro atoms. The predicted octanol–water partition coefficient (Wildman–Crippen LogP) is 1.56. The highest BCUT2D eigenvalue weighted by atomic mass is 32.2. The zero-order valence-corrected chi connectivity index (χ0v) is 17.9. The molecule has 0 heterocycles. The highest BCUT2D eigenvalue weighted by molar-refractivity contribution is 7.89. The third-order valence-corrected chi connectivity index (χ3v) is 5.97. The fourth-order valence-electron chi connectivity index (χ4n) is 2.52. The molecule has 2 aromatic rings. The Hall–Kier alpha value is -3.24. The summed E-state index contributed by atoms with van der Waals surface area (Å²) >= 11 is 0. The van der Waals surface area contributed by atoms with E-state index < -0.39 is 28.4 Å². The van der Waals surface area contributed by atoms with Crippen molar-refractivity contribution in [3.63, 3.8) is 0 Å². The lowest BCUT2D eigenvalue weighted by Crippen LogP contribution is -2.36. The zero-order valence-electron chi connectivity index (χ0n) is 17.1. The molecule has 0 aromatic heterocycles. The second kappa shape index (κ2) is 9.99. The van der Waals surface area contributed by atoms with Crippen LogP contribution in [0.1, 0.15) is 21.5 Å². The molecule has 0 radical (unpaired) electrons. The van der Waals surface area contributed by atoms with Crippen LogP contribution in [0.15, 0.2) is 52.5 Å². The van der Waals surface area contributed by atoms with E-state index in [9.17, 15) is 18.0 Å². The fraction of sp³-hybridized carbons (Fsp3) is 0.250. The summed E-state index contributed by atoms with van der Waals surface area (Å²) in [6.07, 6.45) is 1.38. The Morgan fingerprint density at radius 2 is 1.80 bits per heavy atom. The molecule has 9 nitrogen and oxygen atoms in total. The maximum atomic E-state index is 12.7. The van der Waals surface area contributed by atoms with Gasteiger partial charge < -0.3 is 9.47 Å². The highest BCUT2D eigenvalue weighted by Gasteiger charge is 2.23. The van der Waals surface area contributed by atoms with E-state index in [1.807, 2.05) is 0 Å². The minimum Gasteiger partial charge on any atom is -0.496 e. The number of methoxy groups -OCH3 is 2. The number of esters is 1. The molecule has 160 valence electrons. The van der Waals surface area contributed by atoms with Gasteiger partial charge in [-0.25, -0.2) is 18.6 Å². The van der Waals surface area contributed by atoms with Crippen LogP contribution in [0.25, 0.3) is 0 Å². The largest absolute Gasteiger partial charge is 0.496 e. The lowest BCUT2D eigenvalue weighted by Gasteiger charge is -2.17. The third-order valence-electron chi connectivity index (χ3n) is 4.18. The Balaban J connectivity index is 1.97. The Morgan fingerprint density at radius 1 is 1.13 bits per heavy atom. The number of carbonyl (C=O) groups is 2. The average Bonchev–Trinajstić information content (AvgIpc) is 2.73. The van der Waals surface area contributed by atoms with Gasteiger partial charge in [-0.2, -0.15) is 9.41 Å². The van der Waals surface area contributed by atoms with Crippen molar-refractivity contribution in [3.8, 4) is 5.75 Å². The van der Waals surface area contributed by atoms with Crippen LogP contribution in [-0.2, 0) is 19.6 Å². The first-order chi connectivity index (χ1) is 14.2. The van der Waals surface area contributed by atoms with Crippen molar-refractivity contribution in [1.82, 2.24) is 9.73 Å². The Morgan fingerprint density at radius 3 is 2.37 bits per heavy atom. The van der Waals surface area contributed by atoms with Crippen molar-refractivity contribution >= 4 is 28.1 Å². The van der Waals surface area contributed by atoms with Gasteiger partial charge in [0.25, 0.3) is 5.91 Å². The zero-order chi connectivity index (χ0) is 22.3. The summed E-state index contributed by atoms with van der Waals surface area (Å²) in [5.74, 6) is -0.486. The van der Waals surface area contributed by atoms with Gasteiger partial charge in [0.05, 0.1) is 37.4 Å². The summed E-state index contributed by atoms with van der Waals surface area (Å²) in [5, 5.41) is 3.80. The van der Waals surface area contributed by atoms with E-state index in [-0.39, 0.29) is 4.90 Å². The number of aryl methyl sites for hydroxylation is 1. The van der Waals surface area contributed by atoms with Gasteiger partial charge in [0.1, 0.15) is 5.75 Å². The second-order valence-corrected chi connectivity index (χ2v) is 8.34. The van der Waals surface area contributed by atoms with Crippen LogP contribution < -0.4 is 10.2 Å². The minimum atomic E-state index is -3.85. The van der Waals surface area contributed by atoms with Gasteiger partial charge >= 0.3 is 5.97 Å². The lowest BCUT2D eigenvalue weighted by atomic mass is 10.1. The van der Waals surface area contributed by atoms with Crippen LogP contribution in [0.3, 0.4) is 0 Å². The standard InChI is InChI=1S/C20H23N3O6S/c1-14-11-17(9-10-18(14)28-3)30(26,27)23(2)13-19(24)22-21-12-15-5-7-16(8-6-15)20(25)29-4/h5-12H,13H2,1-4H3,(H,22,24). The molecule has 10 heteroatoms. The first kappa shape index (κ1) is 23.0. The molecule has 2 rings (SSSR count). The minimum absolute atomic E-state index is 0.0605. The molecule has 1 N–H and O–H groups in total. The van der Waals surface area contributed by atoms with Gasteiger partial charge in [-0.1, -0.05) is 12.1 Å². The second-order valence-electron chi connectivity index (χ2n) is 6.30. The number of amides is 1. The molecule has 0 bridgehead atoms. The summed E-state index contributed by atoms with van der Waals surface area (Å²) < 4.78 is 36.0. The maximum Gasteiger partial charge on any atom is 0.337 e. The van der Waals surface area contributed by atoms with Gasteiger partial charge in [0.2, 0.25) is 10.0 Å². The average molecular weight is 433 g/mol. The van der Waals surface area contributed by atoms with Crippen molar-refractivity contribution in [1.29, 1.82) is 0 Å². The summed E-state index contributed by atoms with van der Waals surface area (Å²) in [6, 6.07) is 10.9. The van der Waals surface area contributed by atoms with Gasteiger partial charge in [-0.3, -0.25) is 4.79 Å². The summed E-state index contributed by atoms with van der Waals surface area (Å²) in [7, 11) is 0.249. The van der Waals surface area contributed by atoms with E-state index in [4.69, 9.17) is 4.74 Å². The monoisotopic (exact) mass is 433 g/mol. The van der Waals surface area contributed by atoms with Crippen LogP contribution in [0.4, 0.5) is 0 Å². The van der Waals surface area contributed by atoms with Crippen LogP contribution in [0.2, 0.25) is 0 Å². The first-order valence-corrected chi connectivity index (χ1v) is 10.2. The summed E-state index contributed by atoms with van der Waals surface area (Å²) in [4.78, 5) is 23.5. The van der Waals surface area contributed by atoms with Crippen LogP contribution >= 0.6 is 0 Å². The van der Waals surface area contributed by atoms with Crippen LogP contribution in [0.5, 0.6) is 5.75 Å². The number of nitrogens with zero attached hydrogens (tertiary/aromatic N) is 2. The van der Waals surface area contributed by atoms with Crippen molar-refractivity contribution < 1.29 is 27.5 Å². The number of hydrogen-bond donors (Lipinski definition) is 1. The number of nitrogens with one attached hydrogen (secondary N) is 1. The van der Waals surface area contributed by atoms with Gasteiger partial charge in [-0.05, 0) is 48.4 Å². The Kier molecular flexibility index (Phi) is 7.67.